The number of carbonyl (C=O) groups excluding carboxylic acids is 1. The van der Waals surface area contributed by atoms with Gasteiger partial charge in [-0.1, -0.05) is 54.9 Å². The van der Waals surface area contributed by atoms with Crippen LogP contribution < -0.4 is 0 Å². The zero-order valence-corrected chi connectivity index (χ0v) is 20.3. The zero-order valence-electron chi connectivity index (χ0n) is 19.6. The number of ether oxygens (including phenoxy) is 1. The van der Waals surface area contributed by atoms with Crippen molar-refractivity contribution in [1.82, 2.24) is 19.4 Å². The van der Waals surface area contributed by atoms with Crippen LogP contribution in [0.2, 0.25) is 5.02 Å². The van der Waals surface area contributed by atoms with Crippen LogP contribution >= 0.6 is 11.6 Å². The molecule has 2 amide bonds. The molecule has 0 spiro atoms. The van der Waals surface area contributed by atoms with Gasteiger partial charge in [-0.25, -0.2) is 9.78 Å². The van der Waals surface area contributed by atoms with Crippen LogP contribution in [0.15, 0.2) is 61.1 Å². The highest BCUT2D eigenvalue weighted by Gasteiger charge is 2.35. The van der Waals surface area contributed by atoms with Crippen molar-refractivity contribution in [3.63, 3.8) is 0 Å². The van der Waals surface area contributed by atoms with Gasteiger partial charge < -0.3 is 19.1 Å². The van der Waals surface area contributed by atoms with E-state index in [1.807, 2.05) is 45.0 Å². The molecule has 2 fully saturated rings. The molecule has 34 heavy (non-hydrogen) atoms. The molecule has 3 heterocycles. The molecule has 3 aromatic rings. The van der Waals surface area contributed by atoms with Gasteiger partial charge in [-0.05, 0) is 36.1 Å². The molecule has 0 N–H and O–H groups in total. The van der Waals surface area contributed by atoms with Crippen molar-refractivity contribution >= 4 is 17.6 Å². The van der Waals surface area contributed by atoms with Crippen molar-refractivity contribution in [3.05, 3.63) is 82.9 Å². The van der Waals surface area contributed by atoms with Gasteiger partial charge in [-0.2, -0.15) is 0 Å². The molecule has 0 bridgehead atoms. The number of nitrogens with zero attached hydrogens (tertiary/aromatic N) is 4. The molecule has 2 saturated heterocycles. The van der Waals surface area contributed by atoms with E-state index in [0.717, 1.165) is 30.8 Å². The summed E-state index contributed by atoms with van der Waals surface area (Å²) < 4.78 is 7.44. The van der Waals surface area contributed by atoms with Crippen molar-refractivity contribution in [2.45, 2.75) is 31.6 Å². The van der Waals surface area contributed by atoms with Gasteiger partial charge in [0.05, 0.1) is 35.9 Å². The van der Waals surface area contributed by atoms with Crippen LogP contribution in [0, 0.1) is 0 Å². The second-order valence-corrected chi connectivity index (χ2v) is 9.58. The van der Waals surface area contributed by atoms with Gasteiger partial charge >= 0.3 is 6.03 Å². The Kier molecular flexibility index (Phi) is 6.88. The molecule has 0 aliphatic carbocycles. The van der Waals surface area contributed by atoms with Crippen LogP contribution in [-0.2, 0) is 11.2 Å². The van der Waals surface area contributed by atoms with Gasteiger partial charge in [0.25, 0.3) is 0 Å². The molecule has 0 radical (unpaired) electrons. The molecule has 1 aromatic heterocycles. The third-order valence-corrected chi connectivity index (χ3v) is 7.33. The minimum Gasteiger partial charge on any atom is -0.378 e. The third-order valence-electron chi connectivity index (χ3n) is 7.01. The number of aryl methyl sites for hydroxylation is 1. The van der Waals surface area contributed by atoms with Crippen molar-refractivity contribution in [3.8, 4) is 5.69 Å². The van der Waals surface area contributed by atoms with Crippen LogP contribution in [0.1, 0.15) is 42.0 Å². The first kappa shape index (κ1) is 22.9. The zero-order chi connectivity index (χ0) is 23.5. The maximum atomic E-state index is 13.4. The number of amides is 2. The summed E-state index contributed by atoms with van der Waals surface area (Å²) in [6.45, 7) is 6.07. The first-order valence-electron chi connectivity index (χ1n) is 12.1. The summed E-state index contributed by atoms with van der Waals surface area (Å²) in [5.74, 6) is 0.415. The van der Waals surface area contributed by atoms with Crippen molar-refractivity contribution in [2.75, 3.05) is 39.4 Å². The topological polar surface area (TPSA) is 50.6 Å². The number of morpholine rings is 1. The predicted octanol–water partition coefficient (Wildman–Crippen LogP) is 5.11. The first-order valence-corrected chi connectivity index (χ1v) is 12.5. The lowest BCUT2D eigenvalue weighted by Crippen LogP contribution is -2.52. The lowest BCUT2D eigenvalue weighted by molar-refractivity contribution is 0.0398. The lowest BCUT2D eigenvalue weighted by Gasteiger charge is -2.40. The van der Waals surface area contributed by atoms with Crippen LogP contribution in [0.3, 0.4) is 0 Å². The molecule has 7 heteroatoms. The summed E-state index contributed by atoms with van der Waals surface area (Å²) in [7, 11) is 0. The molecule has 0 saturated carbocycles. The SMILES string of the molecule is CCc1ccc(C2CC(c3cn(-c4ccccc4Cl)cn3)CN(C(=O)N3CCOCC3)C2)cc1. The Labute approximate surface area is 206 Å². The highest BCUT2D eigenvalue weighted by Crippen LogP contribution is 2.36. The van der Waals surface area contributed by atoms with Gasteiger partial charge in [0.1, 0.15) is 0 Å². The smallest absolute Gasteiger partial charge is 0.320 e. The molecule has 2 unspecified atom stereocenters. The van der Waals surface area contributed by atoms with Crippen LogP contribution in [0.4, 0.5) is 4.79 Å². The fourth-order valence-corrected chi connectivity index (χ4v) is 5.27. The molecule has 2 atom stereocenters. The largest absolute Gasteiger partial charge is 0.378 e. The van der Waals surface area contributed by atoms with E-state index >= 15 is 0 Å². The van der Waals surface area contributed by atoms with E-state index < -0.39 is 0 Å². The van der Waals surface area contributed by atoms with Crippen LogP contribution in [-0.4, -0.2) is 64.8 Å². The lowest BCUT2D eigenvalue weighted by atomic mass is 9.83. The second kappa shape index (κ2) is 10.2. The van der Waals surface area contributed by atoms with Crippen LogP contribution in [0.5, 0.6) is 0 Å². The quantitative estimate of drug-likeness (QED) is 0.523. The van der Waals surface area contributed by atoms with Crippen molar-refractivity contribution in [1.29, 1.82) is 0 Å². The fourth-order valence-electron chi connectivity index (χ4n) is 5.03. The van der Waals surface area contributed by atoms with Gasteiger partial charge in [0.15, 0.2) is 0 Å². The van der Waals surface area contributed by atoms with Gasteiger partial charge in [0, 0.05) is 44.2 Å². The fraction of sp³-hybridized carbons (Fsp3) is 0.407. The number of hydrogen-bond acceptors (Lipinski definition) is 3. The highest BCUT2D eigenvalue weighted by atomic mass is 35.5. The monoisotopic (exact) mass is 478 g/mol. The maximum absolute atomic E-state index is 13.4. The van der Waals surface area contributed by atoms with Gasteiger partial charge in [0.2, 0.25) is 0 Å². The van der Waals surface area contributed by atoms with Gasteiger partial charge in [-0.3, -0.25) is 0 Å². The Hall–Kier alpha value is -2.83. The summed E-state index contributed by atoms with van der Waals surface area (Å²) in [5, 5.41) is 0.688. The minimum atomic E-state index is 0.105. The standard InChI is InChI=1S/C27H31ClN4O2/c1-2-20-7-9-21(10-8-20)22-15-23(17-31(16-22)27(33)30-11-13-34-14-12-30)25-18-32(19-29-25)26-6-4-3-5-24(26)28/h3-10,18-19,22-23H,2,11-17H2,1H3. The molecule has 178 valence electrons. The van der Waals surface area contributed by atoms with Crippen molar-refractivity contribution in [2.24, 2.45) is 0 Å². The van der Waals surface area contributed by atoms with Gasteiger partial charge in [-0.15, -0.1) is 0 Å². The predicted molar refractivity (Wildman–Crippen MR) is 134 cm³/mol. The Morgan fingerprint density at radius 2 is 1.76 bits per heavy atom. The molecular weight excluding hydrogens is 448 g/mol. The average molecular weight is 479 g/mol. The van der Waals surface area contributed by atoms with E-state index in [4.69, 9.17) is 21.3 Å². The number of piperidine rings is 1. The van der Waals surface area contributed by atoms with E-state index in [1.54, 1.807) is 0 Å². The Balaban J connectivity index is 1.42. The van der Waals surface area contributed by atoms with Crippen LogP contribution in [0.25, 0.3) is 5.69 Å². The number of likely N-dealkylation sites (tertiary alicyclic amines) is 1. The number of hydrogen-bond donors (Lipinski definition) is 0. The number of imidazole rings is 1. The van der Waals surface area contributed by atoms with E-state index in [2.05, 4.69) is 37.4 Å². The molecule has 6 nitrogen and oxygen atoms in total. The third kappa shape index (κ3) is 4.84. The summed E-state index contributed by atoms with van der Waals surface area (Å²) in [5.41, 5.74) is 4.52. The average Bonchev–Trinajstić information content (AvgIpc) is 3.39. The minimum absolute atomic E-state index is 0.105. The maximum Gasteiger partial charge on any atom is 0.320 e. The number of aromatic nitrogens is 2. The summed E-state index contributed by atoms with van der Waals surface area (Å²) in [4.78, 5) is 22.1. The summed E-state index contributed by atoms with van der Waals surface area (Å²) in [6.07, 6.45) is 5.86. The number of rotatable bonds is 4. The molecule has 2 aliphatic rings. The molecular formula is C27H31ClN4O2. The number of para-hydroxylation sites is 1. The normalized spacial score (nSPS) is 21.0. The molecule has 2 aromatic carbocycles. The number of urea groups is 1. The Bertz CT molecular complexity index is 1120. The Morgan fingerprint density at radius 3 is 2.50 bits per heavy atom. The Morgan fingerprint density at radius 1 is 1.03 bits per heavy atom. The number of carbonyl (C=O) groups is 1. The molecule has 5 rings (SSSR count). The van der Waals surface area contributed by atoms with Crippen molar-refractivity contribution < 1.29 is 9.53 Å². The number of benzene rings is 2. The highest BCUT2D eigenvalue weighted by molar-refractivity contribution is 6.32. The summed E-state index contributed by atoms with van der Waals surface area (Å²) >= 11 is 6.42. The number of halogens is 1. The van der Waals surface area contributed by atoms with E-state index in [0.29, 0.717) is 37.9 Å². The first-order chi connectivity index (χ1) is 16.6. The van der Waals surface area contributed by atoms with E-state index in [-0.39, 0.29) is 17.9 Å². The summed E-state index contributed by atoms with van der Waals surface area (Å²) in [6, 6.07) is 16.7. The molecule has 2 aliphatic heterocycles. The van der Waals surface area contributed by atoms with E-state index in [9.17, 15) is 4.79 Å². The van der Waals surface area contributed by atoms with E-state index in [1.165, 1.54) is 11.1 Å². The second-order valence-electron chi connectivity index (χ2n) is 9.17.